The second-order valence-corrected chi connectivity index (χ2v) is 7.33. The Hall–Kier alpha value is -1.30. The molecule has 2 saturated carbocycles. The Morgan fingerprint density at radius 1 is 1.29 bits per heavy atom. The van der Waals surface area contributed by atoms with E-state index in [1.807, 2.05) is 18.2 Å². The van der Waals surface area contributed by atoms with Crippen LogP contribution in [-0.4, -0.2) is 11.5 Å². The van der Waals surface area contributed by atoms with E-state index in [0.29, 0.717) is 19.1 Å². The lowest BCUT2D eigenvalue weighted by molar-refractivity contribution is 0.0252. The van der Waals surface area contributed by atoms with Crippen molar-refractivity contribution in [3.8, 4) is 6.07 Å². The molecule has 2 bridgehead atoms. The average Bonchev–Trinajstić information content (AvgIpc) is 3.23. The van der Waals surface area contributed by atoms with E-state index in [1.54, 1.807) is 0 Å². The first-order valence-electron chi connectivity index (χ1n) is 7.57. The second-order valence-electron chi connectivity index (χ2n) is 6.69. The van der Waals surface area contributed by atoms with E-state index in [4.69, 9.17) is 16.3 Å². The first-order chi connectivity index (χ1) is 10.2. The smallest absolute Gasteiger partial charge is 0.143 e. The molecule has 0 saturated heterocycles. The molecule has 1 aromatic rings. The summed E-state index contributed by atoms with van der Waals surface area (Å²) < 4.78 is 6.01. The van der Waals surface area contributed by atoms with Gasteiger partial charge in [0, 0.05) is 0 Å². The van der Waals surface area contributed by atoms with E-state index in [0.717, 1.165) is 12.0 Å². The van der Waals surface area contributed by atoms with Crippen molar-refractivity contribution in [3.63, 3.8) is 0 Å². The van der Waals surface area contributed by atoms with Gasteiger partial charge in [-0.15, -0.1) is 11.6 Å². The number of nitriles is 1. The van der Waals surface area contributed by atoms with Crippen LogP contribution in [-0.2, 0) is 11.3 Å². The van der Waals surface area contributed by atoms with E-state index in [-0.39, 0.29) is 10.8 Å². The van der Waals surface area contributed by atoms with Crippen LogP contribution in [0.15, 0.2) is 42.5 Å². The van der Waals surface area contributed by atoms with Gasteiger partial charge in [-0.2, -0.15) is 5.26 Å². The average molecular weight is 300 g/mol. The molecular weight excluding hydrogens is 282 g/mol. The van der Waals surface area contributed by atoms with Gasteiger partial charge in [0.2, 0.25) is 0 Å². The number of nitrogens with zero attached hydrogens (tertiary/aromatic N) is 1. The maximum atomic E-state index is 9.62. The SMILES string of the molecule is N#C[C@]1(Cl)C[C@H]2C=C[C@]1(COCc1ccccc1)C21CC1. The zero-order chi connectivity index (χ0) is 14.6. The van der Waals surface area contributed by atoms with Crippen LogP contribution in [0.3, 0.4) is 0 Å². The quantitative estimate of drug-likeness (QED) is 0.620. The molecular formula is C18H18ClNO. The van der Waals surface area contributed by atoms with E-state index in [2.05, 4.69) is 30.4 Å². The van der Waals surface area contributed by atoms with Gasteiger partial charge in [0.05, 0.1) is 24.7 Å². The fourth-order valence-corrected chi connectivity index (χ4v) is 5.02. The highest BCUT2D eigenvalue weighted by molar-refractivity contribution is 6.27. The molecule has 21 heavy (non-hydrogen) atoms. The van der Waals surface area contributed by atoms with Crippen LogP contribution < -0.4 is 0 Å². The normalized spacial score (nSPS) is 37.8. The molecule has 3 aliphatic carbocycles. The zero-order valence-electron chi connectivity index (χ0n) is 11.9. The van der Waals surface area contributed by atoms with Crippen molar-refractivity contribution in [1.29, 1.82) is 5.26 Å². The van der Waals surface area contributed by atoms with Crippen LogP contribution in [0, 0.1) is 28.1 Å². The van der Waals surface area contributed by atoms with Crippen LogP contribution in [0.2, 0.25) is 0 Å². The van der Waals surface area contributed by atoms with Gasteiger partial charge in [-0.3, -0.25) is 0 Å². The first kappa shape index (κ1) is 13.4. The van der Waals surface area contributed by atoms with Gasteiger partial charge in [-0.25, -0.2) is 0 Å². The molecule has 3 aliphatic rings. The lowest BCUT2D eigenvalue weighted by Gasteiger charge is -2.38. The summed E-state index contributed by atoms with van der Waals surface area (Å²) in [6.45, 7) is 1.13. The van der Waals surface area contributed by atoms with Gasteiger partial charge < -0.3 is 4.74 Å². The molecule has 0 aliphatic heterocycles. The minimum absolute atomic E-state index is 0.209. The van der Waals surface area contributed by atoms with Gasteiger partial charge in [0.25, 0.3) is 0 Å². The number of rotatable bonds is 4. The third-order valence-electron chi connectivity index (χ3n) is 5.83. The fourth-order valence-electron chi connectivity index (χ4n) is 4.54. The van der Waals surface area contributed by atoms with Gasteiger partial charge in [-0.05, 0) is 36.2 Å². The van der Waals surface area contributed by atoms with Crippen molar-refractivity contribution in [2.24, 2.45) is 16.7 Å². The molecule has 0 radical (unpaired) electrons. The van der Waals surface area contributed by atoms with Gasteiger partial charge in [-0.1, -0.05) is 42.5 Å². The van der Waals surface area contributed by atoms with Gasteiger partial charge >= 0.3 is 0 Å². The van der Waals surface area contributed by atoms with Crippen molar-refractivity contribution < 1.29 is 4.74 Å². The predicted octanol–water partition coefficient (Wildman–Crippen LogP) is 4.06. The Kier molecular flexibility index (Phi) is 2.77. The Morgan fingerprint density at radius 3 is 2.71 bits per heavy atom. The molecule has 0 aromatic heterocycles. The van der Waals surface area contributed by atoms with Gasteiger partial charge in [0.1, 0.15) is 4.87 Å². The molecule has 1 spiro atoms. The van der Waals surface area contributed by atoms with E-state index in [1.165, 1.54) is 12.8 Å². The molecule has 3 atom stereocenters. The van der Waals surface area contributed by atoms with Crippen LogP contribution in [0.5, 0.6) is 0 Å². The Balaban J connectivity index is 1.55. The molecule has 4 rings (SSSR count). The summed E-state index contributed by atoms with van der Waals surface area (Å²) in [5, 5.41) is 9.62. The zero-order valence-corrected chi connectivity index (χ0v) is 12.6. The summed E-state index contributed by atoms with van der Waals surface area (Å²) >= 11 is 6.72. The Labute approximate surface area is 130 Å². The molecule has 0 amide bonds. The fraction of sp³-hybridized carbons (Fsp3) is 0.500. The molecule has 1 aromatic carbocycles. The molecule has 2 fully saturated rings. The first-order valence-corrected chi connectivity index (χ1v) is 7.95. The van der Waals surface area contributed by atoms with Crippen molar-refractivity contribution in [3.05, 3.63) is 48.0 Å². The Bertz CT molecular complexity index is 630. The summed E-state index contributed by atoms with van der Waals surface area (Å²) in [6, 6.07) is 12.5. The highest BCUT2D eigenvalue weighted by Gasteiger charge is 2.77. The number of hydrogen-bond donors (Lipinski definition) is 0. The van der Waals surface area contributed by atoms with Crippen LogP contribution in [0.4, 0.5) is 0 Å². The number of halogens is 1. The highest BCUT2D eigenvalue weighted by atomic mass is 35.5. The molecule has 2 nitrogen and oxygen atoms in total. The molecule has 3 heteroatoms. The van der Waals surface area contributed by atoms with E-state index >= 15 is 0 Å². The monoisotopic (exact) mass is 299 g/mol. The van der Waals surface area contributed by atoms with Crippen molar-refractivity contribution >= 4 is 11.6 Å². The number of benzene rings is 1. The predicted molar refractivity (Wildman–Crippen MR) is 81.6 cm³/mol. The number of hydrogen-bond acceptors (Lipinski definition) is 2. The van der Waals surface area contributed by atoms with Crippen molar-refractivity contribution in [2.75, 3.05) is 6.61 Å². The number of ether oxygens (including phenoxy) is 1. The van der Waals surface area contributed by atoms with Gasteiger partial charge in [0.15, 0.2) is 0 Å². The van der Waals surface area contributed by atoms with Crippen LogP contribution in [0.1, 0.15) is 24.8 Å². The van der Waals surface area contributed by atoms with Crippen molar-refractivity contribution in [2.45, 2.75) is 30.7 Å². The van der Waals surface area contributed by atoms with Crippen molar-refractivity contribution in [1.82, 2.24) is 0 Å². The minimum Gasteiger partial charge on any atom is -0.376 e. The number of allylic oxidation sites excluding steroid dienone is 1. The molecule has 0 N–H and O–H groups in total. The summed E-state index contributed by atoms with van der Waals surface area (Å²) in [7, 11) is 0. The standard InChI is InChI=1S/C18H18ClNO/c19-18(12-20)10-15-6-7-17(18,16(15)8-9-16)13-21-11-14-4-2-1-3-5-14/h1-7,15H,8-11,13H2/t15-,17+,18-/m1/s1. The Morgan fingerprint density at radius 2 is 2.05 bits per heavy atom. The molecule has 0 heterocycles. The summed E-state index contributed by atoms with van der Waals surface area (Å²) in [6.07, 6.45) is 7.59. The third kappa shape index (κ3) is 1.62. The summed E-state index contributed by atoms with van der Waals surface area (Å²) in [4.78, 5) is -0.792. The van der Waals surface area contributed by atoms with E-state index in [9.17, 15) is 5.26 Å². The highest BCUT2D eigenvalue weighted by Crippen LogP contribution is 2.78. The summed E-state index contributed by atoms with van der Waals surface area (Å²) in [5.74, 6) is 0.468. The minimum atomic E-state index is -0.792. The lowest BCUT2D eigenvalue weighted by atomic mass is 9.72. The molecule has 0 unspecified atom stereocenters. The maximum absolute atomic E-state index is 9.62. The lowest BCUT2D eigenvalue weighted by Crippen LogP contribution is -2.44. The second kappa shape index (κ2) is 4.35. The molecule has 108 valence electrons. The largest absolute Gasteiger partial charge is 0.376 e. The van der Waals surface area contributed by atoms with E-state index < -0.39 is 4.87 Å². The summed E-state index contributed by atoms with van der Waals surface area (Å²) in [5.41, 5.74) is 1.07. The third-order valence-corrected chi connectivity index (χ3v) is 6.40. The van der Waals surface area contributed by atoms with Crippen LogP contribution >= 0.6 is 11.6 Å². The maximum Gasteiger partial charge on any atom is 0.143 e. The van der Waals surface area contributed by atoms with Crippen LogP contribution in [0.25, 0.3) is 0 Å². The topological polar surface area (TPSA) is 33.0 Å². The number of alkyl halides is 1.